The number of carbonyl (C=O) groups excluding carboxylic acids is 1. The fourth-order valence-corrected chi connectivity index (χ4v) is 1.94. The highest BCUT2D eigenvalue weighted by Gasteiger charge is 2.25. The molecule has 1 aromatic carbocycles. The Morgan fingerprint density at radius 2 is 2.16 bits per heavy atom. The van der Waals surface area contributed by atoms with Gasteiger partial charge in [0.1, 0.15) is 0 Å². The van der Waals surface area contributed by atoms with E-state index >= 15 is 0 Å². The standard InChI is InChI=1S/C14H12N4O/c1-9-4-5-12-11(7-9)13(14(19)17-12)18-16-8-10-3-2-6-15-10/h2-8,15H,1H3,(H,17,18,19)/b16-8+. The Balaban J connectivity index is 1.93. The van der Waals surface area contributed by atoms with Gasteiger partial charge >= 0.3 is 0 Å². The molecule has 5 nitrogen and oxygen atoms in total. The molecule has 2 aromatic rings. The third-order valence-electron chi connectivity index (χ3n) is 2.87. The van der Waals surface area contributed by atoms with Crippen LogP contribution < -0.4 is 5.32 Å². The minimum absolute atomic E-state index is 0.218. The van der Waals surface area contributed by atoms with Gasteiger partial charge in [-0.3, -0.25) is 4.79 Å². The molecule has 1 amide bonds. The van der Waals surface area contributed by atoms with Crippen molar-refractivity contribution in [2.24, 2.45) is 10.2 Å². The van der Waals surface area contributed by atoms with Gasteiger partial charge in [-0.15, -0.1) is 5.10 Å². The van der Waals surface area contributed by atoms with Gasteiger partial charge in [0.15, 0.2) is 5.71 Å². The number of rotatable bonds is 2. The summed E-state index contributed by atoms with van der Waals surface area (Å²) in [7, 11) is 0. The molecule has 19 heavy (non-hydrogen) atoms. The first-order valence-electron chi connectivity index (χ1n) is 5.91. The SMILES string of the molecule is Cc1ccc2c(c1)/C(=N/N=C/c1ccc[nH]1)C(=O)N2. The quantitative estimate of drug-likeness (QED) is 0.623. The summed E-state index contributed by atoms with van der Waals surface area (Å²) < 4.78 is 0. The lowest BCUT2D eigenvalue weighted by molar-refractivity contribution is -0.110. The molecule has 3 rings (SSSR count). The van der Waals surface area contributed by atoms with E-state index in [-0.39, 0.29) is 5.91 Å². The van der Waals surface area contributed by atoms with Crippen molar-refractivity contribution in [3.05, 3.63) is 53.3 Å². The van der Waals surface area contributed by atoms with Crippen LogP contribution in [0, 0.1) is 6.92 Å². The second-order valence-electron chi connectivity index (χ2n) is 4.32. The lowest BCUT2D eigenvalue weighted by Gasteiger charge is -1.97. The van der Waals surface area contributed by atoms with Crippen LogP contribution in [0.5, 0.6) is 0 Å². The number of benzene rings is 1. The minimum Gasteiger partial charge on any atom is -0.360 e. The van der Waals surface area contributed by atoms with Gasteiger partial charge in [-0.2, -0.15) is 5.10 Å². The van der Waals surface area contributed by atoms with Crippen molar-refractivity contribution in [3.63, 3.8) is 0 Å². The Labute approximate surface area is 110 Å². The third kappa shape index (κ3) is 2.18. The van der Waals surface area contributed by atoms with Crippen molar-refractivity contribution in [2.75, 3.05) is 5.32 Å². The zero-order valence-corrected chi connectivity index (χ0v) is 10.3. The molecule has 0 radical (unpaired) electrons. The van der Waals surface area contributed by atoms with E-state index in [1.165, 1.54) is 0 Å². The maximum atomic E-state index is 11.8. The fourth-order valence-electron chi connectivity index (χ4n) is 1.94. The van der Waals surface area contributed by atoms with Crippen molar-refractivity contribution < 1.29 is 4.79 Å². The van der Waals surface area contributed by atoms with Crippen molar-refractivity contribution in [1.29, 1.82) is 0 Å². The van der Waals surface area contributed by atoms with Crippen molar-refractivity contribution in [3.8, 4) is 0 Å². The molecule has 1 aliphatic rings. The predicted octanol–water partition coefficient (Wildman–Crippen LogP) is 2.10. The molecule has 0 atom stereocenters. The van der Waals surface area contributed by atoms with E-state index in [0.717, 1.165) is 22.5 Å². The van der Waals surface area contributed by atoms with Gasteiger partial charge in [-0.05, 0) is 31.2 Å². The number of nitrogens with one attached hydrogen (secondary N) is 2. The summed E-state index contributed by atoms with van der Waals surface area (Å²) in [4.78, 5) is 14.8. The number of amides is 1. The fraction of sp³-hybridized carbons (Fsp3) is 0.0714. The molecular weight excluding hydrogens is 240 g/mol. The molecule has 0 bridgehead atoms. The summed E-state index contributed by atoms with van der Waals surface area (Å²) in [5.41, 5.74) is 3.85. The Kier molecular flexibility index (Phi) is 2.72. The van der Waals surface area contributed by atoms with E-state index in [1.54, 1.807) is 12.4 Å². The van der Waals surface area contributed by atoms with Gasteiger partial charge in [0.2, 0.25) is 0 Å². The van der Waals surface area contributed by atoms with E-state index in [4.69, 9.17) is 0 Å². The maximum Gasteiger partial charge on any atom is 0.276 e. The zero-order valence-electron chi connectivity index (χ0n) is 10.3. The lowest BCUT2D eigenvalue weighted by atomic mass is 10.1. The topological polar surface area (TPSA) is 69.6 Å². The van der Waals surface area contributed by atoms with Gasteiger partial charge in [0, 0.05) is 11.8 Å². The first-order chi connectivity index (χ1) is 9.24. The van der Waals surface area contributed by atoms with Crippen LogP contribution in [0.15, 0.2) is 46.7 Å². The molecule has 2 N–H and O–H groups in total. The average molecular weight is 252 g/mol. The molecule has 0 saturated carbocycles. The van der Waals surface area contributed by atoms with E-state index < -0.39 is 0 Å². The highest BCUT2D eigenvalue weighted by atomic mass is 16.2. The van der Waals surface area contributed by atoms with Gasteiger partial charge in [-0.25, -0.2) is 0 Å². The summed E-state index contributed by atoms with van der Waals surface area (Å²) in [5.74, 6) is -0.218. The van der Waals surface area contributed by atoms with Crippen LogP contribution in [-0.4, -0.2) is 22.8 Å². The Bertz CT molecular complexity index is 683. The van der Waals surface area contributed by atoms with Crippen LogP contribution in [0.25, 0.3) is 0 Å². The number of aromatic amines is 1. The zero-order chi connectivity index (χ0) is 13.2. The van der Waals surface area contributed by atoms with Crippen LogP contribution in [0.4, 0.5) is 5.69 Å². The summed E-state index contributed by atoms with van der Waals surface area (Å²) in [5, 5.41) is 10.7. The molecule has 2 heterocycles. The number of aryl methyl sites for hydroxylation is 1. The van der Waals surface area contributed by atoms with Crippen molar-refractivity contribution in [2.45, 2.75) is 6.92 Å². The first-order valence-corrected chi connectivity index (χ1v) is 5.91. The number of aromatic nitrogens is 1. The summed E-state index contributed by atoms with van der Waals surface area (Å²) in [6, 6.07) is 9.49. The number of hydrogen-bond donors (Lipinski definition) is 2. The highest BCUT2D eigenvalue weighted by molar-refractivity contribution is 6.53. The molecule has 0 unspecified atom stereocenters. The predicted molar refractivity (Wildman–Crippen MR) is 74.7 cm³/mol. The smallest absolute Gasteiger partial charge is 0.276 e. The Morgan fingerprint density at radius 3 is 2.95 bits per heavy atom. The van der Waals surface area contributed by atoms with Crippen LogP contribution >= 0.6 is 0 Å². The van der Waals surface area contributed by atoms with E-state index in [1.807, 2.05) is 37.3 Å². The monoisotopic (exact) mass is 252 g/mol. The van der Waals surface area contributed by atoms with Gasteiger partial charge < -0.3 is 10.3 Å². The van der Waals surface area contributed by atoms with Crippen LogP contribution in [0.3, 0.4) is 0 Å². The number of fused-ring (bicyclic) bond motifs is 1. The number of hydrogen-bond acceptors (Lipinski definition) is 3. The van der Waals surface area contributed by atoms with Gasteiger partial charge in [-0.1, -0.05) is 11.6 Å². The van der Waals surface area contributed by atoms with E-state index in [2.05, 4.69) is 20.5 Å². The molecule has 0 spiro atoms. The highest BCUT2D eigenvalue weighted by Crippen LogP contribution is 2.24. The molecule has 5 heteroatoms. The van der Waals surface area contributed by atoms with Gasteiger partial charge in [0.25, 0.3) is 5.91 Å². The average Bonchev–Trinajstić information content (AvgIpc) is 2.99. The largest absolute Gasteiger partial charge is 0.360 e. The molecule has 0 fully saturated rings. The number of anilines is 1. The van der Waals surface area contributed by atoms with Gasteiger partial charge in [0.05, 0.1) is 17.6 Å². The third-order valence-corrected chi connectivity index (χ3v) is 2.87. The molecule has 0 aliphatic carbocycles. The molecule has 1 aliphatic heterocycles. The second-order valence-corrected chi connectivity index (χ2v) is 4.32. The normalized spacial score (nSPS) is 16.1. The number of H-pyrrole nitrogens is 1. The maximum absolute atomic E-state index is 11.8. The summed E-state index contributed by atoms with van der Waals surface area (Å²) in [6.45, 7) is 1.98. The van der Waals surface area contributed by atoms with Crippen LogP contribution in [0.2, 0.25) is 0 Å². The second kappa shape index (κ2) is 4.53. The van der Waals surface area contributed by atoms with Crippen molar-refractivity contribution in [1.82, 2.24) is 4.98 Å². The molecular formula is C14H12N4O. The molecule has 94 valence electrons. The van der Waals surface area contributed by atoms with Crippen LogP contribution in [0.1, 0.15) is 16.8 Å². The van der Waals surface area contributed by atoms with E-state index in [9.17, 15) is 4.79 Å². The summed E-state index contributed by atoms with van der Waals surface area (Å²) >= 11 is 0. The first kappa shape index (κ1) is 11.4. The number of carbonyl (C=O) groups is 1. The minimum atomic E-state index is -0.218. The molecule has 1 aromatic heterocycles. The van der Waals surface area contributed by atoms with Crippen LogP contribution in [-0.2, 0) is 4.79 Å². The van der Waals surface area contributed by atoms with Crippen molar-refractivity contribution >= 4 is 23.5 Å². The Morgan fingerprint density at radius 1 is 1.26 bits per heavy atom. The van der Waals surface area contributed by atoms with E-state index in [0.29, 0.717) is 5.71 Å². The lowest BCUT2D eigenvalue weighted by Crippen LogP contribution is -2.13. The number of nitrogens with zero attached hydrogens (tertiary/aromatic N) is 2. The molecule has 0 saturated heterocycles. The Hall–Kier alpha value is -2.69. The summed E-state index contributed by atoms with van der Waals surface area (Å²) in [6.07, 6.45) is 3.38.